The van der Waals surface area contributed by atoms with Gasteiger partial charge in [-0.25, -0.2) is 0 Å². The fourth-order valence-electron chi connectivity index (χ4n) is 17.7. The van der Waals surface area contributed by atoms with Gasteiger partial charge in [0.1, 0.15) is 5.78 Å². The van der Waals surface area contributed by atoms with Crippen molar-refractivity contribution in [2.75, 3.05) is 5.33 Å². The highest BCUT2D eigenvalue weighted by Crippen LogP contribution is 2.52. The summed E-state index contributed by atoms with van der Waals surface area (Å²) in [5, 5.41) is 34.5. The van der Waals surface area contributed by atoms with E-state index in [0.717, 1.165) is 88.9 Å². The van der Waals surface area contributed by atoms with Gasteiger partial charge in [-0.05, 0) is 161 Å². The SMILES string of the molecule is CC(=O)C1(c2ccccc2)CCC1.N#CC1(c2ccccc2)CCC1.O=C(CBr)C1(c2ccccc2)CCC1.O=C(NC1CCCCC1)C1(c2ccccc2)CCC1.OC(CC1CCCCC1)C1(c2ccccc2)CCC1.OC(CC1CCCCC1)C1(c2ccccc2)CCC1.[Cl-].[Cl-]. The Balaban J connectivity index is 0.000000151. The van der Waals surface area contributed by atoms with Crippen molar-refractivity contribution in [2.24, 2.45) is 11.8 Å². The van der Waals surface area contributed by atoms with Gasteiger partial charge in [0.15, 0.2) is 5.78 Å². The van der Waals surface area contributed by atoms with Gasteiger partial charge in [0.05, 0.1) is 45.3 Å². The van der Waals surface area contributed by atoms with E-state index in [1.165, 1.54) is 181 Å². The van der Waals surface area contributed by atoms with Crippen molar-refractivity contribution in [1.29, 1.82) is 5.26 Å². The molecule has 9 saturated carbocycles. The van der Waals surface area contributed by atoms with Crippen LogP contribution in [0.25, 0.3) is 0 Å². The lowest BCUT2D eigenvalue weighted by atomic mass is 9.59. The topological polar surface area (TPSA) is 127 Å². The highest BCUT2D eigenvalue weighted by molar-refractivity contribution is 9.09. The molecule has 9 fully saturated rings. The standard InChI is InChI=1S/2C18H26O.C17H23NO.C12H13BrO.C12H14O.C11H11N.2ClH/c2*19-17(14-15-8-3-1-4-9-15)18(12-7-13-18)16-10-5-2-6-11-16;19-16(18-15-10-5-2-6-11-15)17(12-7-13-17)14-8-3-1-4-9-14;13-9-11(14)12(7-4-8-12)10-5-2-1-3-6-10;1-10(13)12(8-5-9-12)11-6-3-2-4-7-11;12-9-11(7-4-8-11)10-5-2-1-3-6-10;;/h2*2,5-6,10-11,15,17,19H,1,3-4,7-9,12-14H2;1,3-4,8-9,15H,2,5-7,10-13H2,(H,18,19);1-3,5-6H,4,7-9H2;2-4,6-7H,5,8-9H2,1H3;1-3,5-6H,4,7-8H2;2*1H/p-2. The number of alkyl halides is 1. The van der Waals surface area contributed by atoms with Crippen molar-refractivity contribution in [3.8, 4) is 6.07 Å². The van der Waals surface area contributed by atoms with Gasteiger partial charge in [-0.15, -0.1) is 0 Å². The highest BCUT2D eigenvalue weighted by Gasteiger charge is 2.49. The Hall–Kier alpha value is -5.40. The number of nitrogens with one attached hydrogen (secondary N) is 1. The number of carbonyl (C=O) groups is 3. The Morgan fingerprint density at radius 3 is 0.980 bits per heavy atom. The molecule has 2 unspecified atom stereocenters. The average molecular weight is 1430 g/mol. The van der Waals surface area contributed by atoms with Crippen LogP contribution in [0.4, 0.5) is 0 Å². The average Bonchev–Trinajstić information content (AvgIpc) is 0.794. The molecule has 98 heavy (non-hydrogen) atoms. The number of rotatable bonds is 17. The Morgan fingerprint density at radius 2 is 0.704 bits per heavy atom. The van der Waals surface area contributed by atoms with Gasteiger partial charge in [0.2, 0.25) is 5.91 Å². The van der Waals surface area contributed by atoms with Gasteiger partial charge >= 0.3 is 0 Å². The van der Waals surface area contributed by atoms with Crippen LogP contribution >= 0.6 is 15.9 Å². The van der Waals surface area contributed by atoms with E-state index in [1.54, 1.807) is 6.92 Å². The molecule has 0 radical (unpaired) electrons. The summed E-state index contributed by atoms with van der Waals surface area (Å²) in [5.41, 5.74) is 7.04. The first-order valence-electron chi connectivity index (χ1n) is 37.9. The zero-order chi connectivity index (χ0) is 67.2. The predicted octanol–water partition coefficient (Wildman–Crippen LogP) is 14.8. The maximum Gasteiger partial charge on any atom is 0.230 e. The quantitative estimate of drug-likeness (QED) is 0.0781. The van der Waals surface area contributed by atoms with Crippen LogP contribution in [0.2, 0.25) is 0 Å². The van der Waals surface area contributed by atoms with Gasteiger partial charge in [0, 0.05) is 16.9 Å². The van der Waals surface area contributed by atoms with E-state index in [9.17, 15) is 24.6 Å². The van der Waals surface area contributed by atoms with Gasteiger partial charge in [-0.1, -0.05) is 313 Å². The van der Waals surface area contributed by atoms with E-state index in [4.69, 9.17) is 5.26 Å². The van der Waals surface area contributed by atoms with E-state index in [2.05, 4.69) is 137 Å². The summed E-state index contributed by atoms with van der Waals surface area (Å²) in [7, 11) is 0. The summed E-state index contributed by atoms with van der Waals surface area (Å²) >= 11 is 3.27. The van der Waals surface area contributed by atoms with Gasteiger partial charge in [0.25, 0.3) is 0 Å². The molecule has 0 bridgehead atoms. The normalized spacial score (nSPS) is 21.5. The van der Waals surface area contributed by atoms with Gasteiger partial charge in [-0.2, -0.15) is 5.26 Å². The van der Waals surface area contributed by atoms with Crippen LogP contribution < -0.4 is 30.1 Å². The molecular formula is C88H113BrCl2N2O5-2. The molecule has 9 aliphatic carbocycles. The number of hydrogen-bond donors (Lipinski definition) is 3. The number of hydrogen-bond acceptors (Lipinski definition) is 6. The number of amides is 1. The van der Waals surface area contributed by atoms with Crippen molar-refractivity contribution < 1.29 is 49.4 Å². The minimum absolute atomic E-state index is 0. The molecule has 0 aliphatic heterocycles. The lowest BCUT2D eigenvalue weighted by Gasteiger charge is -2.47. The second-order valence-corrected chi connectivity index (χ2v) is 31.1. The minimum atomic E-state index is -0.224. The summed E-state index contributed by atoms with van der Waals surface area (Å²) in [5.74, 6) is 2.46. The Morgan fingerprint density at radius 1 is 0.408 bits per heavy atom. The molecule has 10 heteroatoms. The number of halogens is 3. The summed E-state index contributed by atoms with van der Waals surface area (Å²) < 4.78 is 0. The Kier molecular flexibility index (Phi) is 30.4. The number of benzene rings is 6. The first-order valence-corrected chi connectivity index (χ1v) is 39.0. The molecule has 6 aromatic rings. The monoisotopic (exact) mass is 1430 g/mol. The maximum atomic E-state index is 12.7. The smallest absolute Gasteiger partial charge is 0.230 e. The van der Waals surface area contributed by atoms with Gasteiger partial charge < -0.3 is 40.3 Å². The molecule has 528 valence electrons. The van der Waals surface area contributed by atoms with E-state index < -0.39 is 0 Å². The molecule has 15 rings (SSSR count). The van der Waals surface area contributed by atoms with Crippen LogP contribution in [0.3, 0.4) is 0 Å². The molecule has 7 nitrogen and oxygen atoms in total. The molecule has 9 aliphatic rings. The van der Waals surface area contributed by atoms with Gasteiger partial charge in [-0.3, -0.25) is 14.4 Å². The summed E-state index contributed by atoms with van der Waals surface area (Å²) in [6.45, 7) is 1.71. The van der Waals surface area contributed by atoms with Crippen molar-refractivity contribution in [1.82, 2.24) is 5.32 Å². The largest absolute Gasteiger partial charge is 1.00 e. The van der Waals surface area contributed by atoms with Crippen LogP contribution in [0, 0.1) is 23.2 Å². The number of nitriles is 1. The highest BCUT2D eigenvalue weighted by atomic mass is 79.9. The molecule has 0 spiro atoms. The second kappa shape index (κ2) is 38.0. The summed E-state index contributed by atoms with van der Waals surface area (Å²) in [6, 6.07) is 65.1. The van der Waals surface area contributed by atoms with Crippen molar-refractivity contribution in [2.45, 2.75) is 282 Å². The third kappa shape index (κ3) is 18.6. The summed E-state index contributed by atoms with van der Waals surface area (Å²) in [6.07, 6.45) is 41.7. The molecule has 0 heterocycles. The second-order valence-electron chi connectivity index (χ2n) is 30.5. The number of aliphatic hydroxyl groups is 2. The first-order chi connectivity index (χ1) is 46.9. The number of ketones is 2. The Bertz CT molecular complexity index is 3240. The molecule has 0 saturated heterocycles. The van der Waals surface area contributed by atoms with Crippen molar-refractivity contribution >= 4 is 33.4 Å². The zero-order valence-electron chi connectivity index (χ0n) is 58.9. The van der Waals surface area contributed by atoms with E-state index in [0.29, 0.717) is 22.9 Å². The fraction of sp³-hybridized carbons (Fsp3) is 0.545. The van der Waals surface area contributed by atoms with Crippen LogP contribution in [0.1, 0.15) is 265 Å². The van der Waals surface area contributed by atoms with Crippen LogP contribution in [0.5, 0.6) is 0 Å². The first kappa shape index (κ1) is 78.3. The number of aliphatic hydroxyl groups excluding tert-OH is 2. The minimum Gasteiger partial charge on any atom is -1.00 e. The third-order valence-electron chi connectivity index (χ3n) is 25.1. The van der Waals surface area contributed by atoms with Crippen molar-refractivity contribution in [3.63, 3.8) is 0 Å². The lowest BCUT2D eigenvalue weighted by Crippen LogP contribution is -3.00. The van der Waals surface area contributed by atoms with E-state index >= 15 is 0 Å². The molecule has 1 amide bonds. The van der Waals surface area contributed by atoms with Crippen LogP contribution in [0.15, 0.2) is 182 Å². The molecule has 2 atom stereocenters. The van der Waals surface area contributed by atoms with Crippen LogP contribution in [-0.4, -0.2) is 51.3 Å². The molecular weight excluding hydrogens is 1320 g/mol. The number of Topliss-reactive ketones (excluding diaryl/α,β-unsaturated/α-hetero) is 2. The predicted molar refractivity (Wildman–Crippen MR) is 396 cm³/mol. The fourth-order valence-corrected chi connectivity index (χ4v) is 18.3. The Labute approximate surface area is 610 Å². The molecule has 3 N–H and O–H groups in total. The third-order valence-corrected chi connectivity index (χ3v) is 25.6. The number of carbonyl (C=O) groups excluding carboxylic acids is 3. The summed E-state index contributed by atoms with van der Waals surface area (Å²) in [4.78, 5) is 36.1. The molecule has 6 aromatic carbocycles. The van der Waals surface area contributed by atoms with Crippen LogP contribution in [-0.2, 0) is 46.9 Å². The molecule has 0 aromatic heterocycles. The van der Waals surface area contributed by atoms with E-state index in [-0.39, 0.29) is 75.4 Å². The van der Waals surface area contributed by atoms with E-state index in [1.807, 2.05) is 72.8 Å². The number of nitrogens with zero attached hydrogens (tertiary/aromatic N) is 1. The lowest BCUT2D eigenvalue weighted by molar-refractivity contribution is -0.131. The van der Waals surface area contributed by atoms with Crippen molar-refractivity contribution in [3.05, 3.63) is 215 Å². The maximum absolute atomic E-state index is 12.7. The zero-order valence-corrected chi connectivity index (χ0v) is 62.0.